The molecular formula is C30H52BBrO10. The fourth-order valence-corrected chi connectivity index (χ4v) is 3.98. The molecule has 0 aliphatic heterocycles. The fourth-order valence-electron chi connectivity index (χ4n) is 3.43. The molecule has 0 spiro atoms. The Morgan fingerprint density at radius 3 is 1.26 bits per heavy atom. The molecular weight excluding hydrogens is 611 g/mol. The van der Waals surface area contributed by atoms with Gasteiger partial charge >= 0.3 is 7.12 Å². The van der Waals surface area contributed by atoms with Crippen LogP contribution in [0.3, 0.4) is 0 Å². The molecule has 2 unspecified atom stereocenters. The van der Waals surface area contributed by atoms with Crippen molar-refractivity contribution in [3.05, 3.63) is 39.9 Å². The van der Waals surface area contributed by atoms with Crippen molar-refractivity contribution < 1.29 is 47.9 Å². The third-order valence-electron chi connectivity index (χ3n) is 5.45. The van der Waals surface area contributed by atoms with Gasteiger partial charge in [0, 0.05) is 13.2 Å². The Kier molecular flexibility index (Phi) is 23.5. The van der Waals surface area contributed by atoms with Crippen LogP contribution in [-0.2, 0) is 32.2 Å². The molecule has 2 aromatic carbocycles. The zero-order chi connectivity index (χ0) is 30.1. The van der Waals surface area contributed by atoms with Crippen LogP contribution >= 0.6 is 15.9 Å². The van der Waals surface area contributed by atoms with E-state index in [2.05, 4.69) is 22.9 Å². The maximum Gasteiger partial charge on any atom is 0.496 e. The van der Waals surface area contributed by atoms with Crippen LogP contribution in [0.4, 0.5) is 0 Å². The molecule has 0 saturated heterocycles. The first-order valence-electron chi connectivity index (χ1n) is 13.1. The van der Waals surface area contributed by atoms with Gasteiger partial charge in [-0.15, -0.1) is 0 Å². The van der Waals surface area contributed by atoms with Crippen molar-refractivity contribution in [2.24, 2.45) is 0 Å². The summed E-state index contributed by atoms with van der Waals surface area (Å²) in [5.41, 5.74) is 1.96. The Balaban J connectivity index is 0. The lowest BCUT2D eigenvalue weighted by Gasteiger charge is -2.17. The fraction of sp³-hybridized carbons (Fsp3) is 0.600. The molecule has 0 saturated carbocycles. The van der Waals surface area contributed by atoms with Crippen molar-refractivity contribution >= 4 is 28.5 Å². The highest BCUT2D eigenvalue weighted by Gasteiger charge is 2.23. The second kappa shape index (κ2) is 23.4. The highest BCUT2D eigenvalue weighted by atomic mass is 79.9. The Labute approximate surface area is 261 Å². The van der Waals surface area contributed by atoms with E-state index >= 15 is 0 Å². The van der Waals surface area contributed by atoms with Gasteiger partial charge in [0.05, 0.1) is 47.1 Å². The topological polar surface area (TPSA) is 114 Å². The number of hydrogen-bond donors (Lipinski definition) is 2. The molecule has 2 atom stereocenters. The lowest BCUT2D eigenvalue weighted by atomic mass is 9.78. The maximum atomic E-state index is 9.40. The van der Waals surface area contributed by atoms with E-state index in [9.17, 15) is 10.0 Å². The second-order valence-corrected chi connectivity index (χ2v) is 9.39. The molecule has 2 rings (SSSR count). The van der Waals surface area contributed by atoms with Gasteiger partial charge in [0.1, 0.15) is 27.5 Å². The second-order valence-electron chi connectivity index (χ2n) is 8.60. The van der Waals surface area contributed by atoms with E-state index in [0.717, 1.165) is 39.9 Å². The number of rotatable bonds is 17. The Morgan fingerprint density at radius 2 is 0.976 bits per heavy atom. The van der Waals surface area contributed by atoms with Gasteiger partial charge in [-0.25, -0.2) is 0 Å². The molecule has 0 aliphatic carbocycles. The average Bonchev–Trinajstić information content (AvgIpc) is 2.96. The molecule has 2 N–H and O–H groups in total. The van der Waals surface area contributed by atoms with Crippen molar-refractivity contribution in [2.75, 3.05) is 41.7 Å². The van der Waals surface area contributed by atoms with E-state index in [0.29, 0.717) is 37.9 Å². The lowest BCUT2D eigenvalue weighted by molar-refractivity contribution is -0.137. The minimum Gasteiger partial charge on any atom is -0.497 e. The zero-order valence-electron chi connectivity index (χ0n) is 24.8. The van der Waals surface area contributed by atoms with Gasteiger partial charge in [0.25, 0.3) is 0 Å². The Bertz CT molecular complexity index is 943. The van der Waals surface area contributed by atoms with E-state index < -0.39 is 7.12 Å². The van der Waals surface area contributed by atoms with Crippen LogP contribution in [0.25, 0.3) is 0 Å². The van der Waals surface area contributed by atoms with Gasteiger partial charge in [-0.1, -0.05) is 28.7 Å². The molecule has 0 aromatic heterocycles. The summed E-state index contributed by atoms with van der Waals surface area (Å²) in [6.45, 7) is 9.92. The van der Waals surface area contributed by atoms with E-state index in [1.165, 1.54) is 14.2 Å². The van der Waals surface area contributed by atoms with Gasteiger partial charge in [-0.2, -0.15) is 0 Å². The van der Waals surface area contributed by atoms with Crippen LogP contribution in [0.2, 0.25) is 0 Å². The lowest BCUT2D eigenvalue weighted by Crippen LogP contribution is -2.32. The van der Waals surface area contributed by atoms with Crippen molar-refractivity contribution in [3.8, 4) is 23.0 Å². The molecule has 42 heavy (non-hydrogen) atoms. The monoisotopic (exact) mass is 662 g/mol. The molecule has 2 aromatic rings. The Morgan fingerprint density at radius 1 is 0.643 bits per heavy atom. The van der Waals surface area contributed by atoms with Crippen LogP contribution in [0.5, 0.6) is 23.0 Å². The van der Waals surface area contributed by atoms with Crippen molar-refractivity contribution in [1.82, 2.24) is 0 Å². The molecule has 0 radical (unpaired) electrons. The highest BCUT2D eigenvalue weighted by molar-refractivity contribution is 9.10. The third-order valence-corrected chi connectivity index (χ3v) is 6.23. The molecule has 0 fully saturated rings. The first-order valence-corrected chi connectivity index (χ1v) is 13.9. The minimum atomic E-state index is -1.67. The smallest absolute Gasteiger partial charge is 0.496 e. The first-order chi connectivity index (χ1) is 19.1. The number of halogens is 1. The summed E-state index contributed by atoms with van der Waals surface area (Å²) in [7, 11) is 4.49. The minimum absolute atomic E-state index is 0. The number of hydrogen-bond acceptors (Lipinski definition) is 10. The van der Waals surface area contributed by atoms with Crippen LogP contribution < -0.4 is 24.4 Å². The molecule has 0 amide bonds. The molecule has 10 nitrogen and oxygen atoms in total. The first kappa shape index (κ1) is 42.1. The molecule has 0 aliphatic rings. The quantitative estimate of drug-likeness (QED) is 0.161. The van der Waals surface area contributed by atoms with Crippen molar-refractivity contribution in [3.63, 3.8) is 0 Å². The number of benzene rings is 2. The summed E-state index contributed by atoms with van der Waals surface area (Å²) >= 11 is 3.43. The summed E-state index contributed by atoms with van der Waals surface area (Å²) < 4.78 is 43.8. The predicted octanol–water partition coefficient (Wildman–Crippen LogP) is 5.70. The van der Waals surface area contributed by atoms with Crippen LogP contribution in [-0.4, -0.2) is 71.4 Å². The van der Waals surface area contributed by atoms with Gasteiger partial charge in [0.15, 0.2) is 12.6 Å². The summed E-state index contributed by atoms with van der Waals surface area (Å²) in [6.07, 6.45) is 1.37. The molecule has 0 bridgehead atoms. The summed E-state index contributed by atoms with van der Waals surface area (Å²) in [6, 6.07) is 7.20. The van der Waals surface area contributed by atoms with Crippen LogP contribution in [0, 0.1) is 0 Å². The van der Waals surface area contributed by atoms with E-state index in [-0.39, 0.29) is 32.9 Å². The van der Waals surface area contributed by atoms with Crippen molar-refractivity contribution in [2.45, 2.75) is 81.2 Å². The summed E-state index contributed by atoms with van der Waals surface area (Å²) in [4.78, 5) is 0. The normalized spacial score (nSPS) is 11.6. The van der Waals surface area contributed by atoms with Crippen LogP contribution in [0.1, 0.15) is 66.5 Å². The average molecular weight is 663 g/mol. The van der Waals surface area contributed by atoms with Gasteiger partial charge in [-0.05, 0) is 78.0 Å². The van der Waals surface area contributed by atoms with Gasteiger partial charge < -0.3 is 47.9 Å². The van der Waals surface area contributed by atoms with Gasteiger partial charge in [0.2, 0.25) is 0 Å². The number of methoxy groups -OCH3 is 4. The summed E-state index contributed by atoms with van der Waals surface area (Å²) in [5, 5.41) is 18.8. The molecule has 0 heterocycles. The molecule has 12 heteroatoms. The molecule has 242 valence electrons. The SMILES string of the molecule is C.C.CCCOC(C)OCc1cc(OC)c(B(O)O)c(OC)c1.CCCOC(C)OCc1cc(OC)c(Br)c(OC)c1. The largest absolute Gasteiger partial charge is 0.497 e. The predicted molar refractivity (Wildman–Crippen MR) is 171 cm³/mol. The highest BCUT2D eigenvalue weighted by Crippen LogP contribution is 2.35. The van der Waals surface area contributed by atoms with E-state index in [1.807, 2.05) is 32.9 Å². The number of ether oxygens (including phenoxy) is 8. The standard InChI is InChI=1S/C14H23BO6.C14H21BrO4.2CH4/c1-5-6-20-10(2)21-9-11-7-12(18-3)14(15(16)17)13(8-11)19-4;1-5-6-18-10(2)19-9-11-7-12(16-3)14(15)13(8-11)17-4;;/h7-8,10,16-17H,5-6,9H2,1-4H3;7-8,10H,5-6,9H2,1-4H3;2*1H4. The maximum absolute atomic E-state index is 9.40. The zero-order valence-corrected chi connectivity index (χ0v) is 26.4. The van der Waals surface area contributed by atoms with Gasteiger partial charge in [-0.3, -0.25) is 0 Å². The summed E-state index contributed by atoms with van der Waals surface area (Å²) in [5.74, 6) is 2.12. The Hall–Kier alpha value is -2.06. The third kappa shape index (κ3) is 14.4. The van der Waals surface area contributed by atoms with Crippen molar-refractivity contribution in [1.29, 1.82) is 0 Å². The van der Waals surface area contributed by atoms with E-state index in [1.54, 1.807) is 26.4 Å². The van der Waals surface area contributed by atoms with Crippen LogP contribution in [0.15, 0.2) is 28.7 Å². The van der Waals surface area contributed by atoms with E-state index in [4.69, 9.17) is 37.9 Å².